The molecular weight excluding hydrogens is 138 g/mol. The average Bonchev–Trinajstić information content (AvgIpc) is 2.54. The molecule has 1 aliphatic heterocycles. The van der Waals surface area contributed by atoms with Gasteiger partial charge in [-0.1, -0.05) is 6.92 Å². The number of likely N-dealkylation sites (tertiary alicyclic amines) is 1. The summed E-state index contributed by atoms with van der Waals surface area (Å²) in [6.45, 7) is 7.07. The lowest BCUT2D eigenvalue weighted by Crippen LogP contribution is -2.27. The highest BCUT2D eigenvalue weighted by atomic mass is 16.5. The van der Waals surface area contributed by atoms with Crippen LogP contribution >= 0.6 is 0 Å². The maximum absolute atomic E-state index is 5.04. The van der Waals surface area contributed by atoms with Crippen LogP contribution in [0.15, 0.2) is 0 Å². The molecule has 2 fully saturated rings. The van der Waals surface area contributed by atoms with E-state index in [9.17, 15) is 0 Å². The van der Waals surface area contributed by atoms with Crippen molar-refractivity contribution in [3.8, 4) is 0 Å². The van der Waals surface area contributed by atoms with Gasteiger partial charge in [-0.2, -0.15) is 0 Å². The van der Waals surface area contributed by atoms with Gasteiger partial charge in [-0.3, -0.25) is 0 Å². The minimum Gasteiger partial charge on any atom is -0.383 e. The zero-order chi connectivity index (χ0) is 7.84. The van der Waals surface area contributed by atoms with Crippen LogP contribution < -0.4 is 0 Å². The first kappa shape index (κ1) is 7.56. The van der Waals surface area contributed by atoms with Gasteiger partial charge in [0.05, 0.1) is 6.61 Å². The first-order chi connectivity index (χ1) is 5.33. The van der Waals surface area contributed by atoms with Gasteiger partial charge in [0.2, 0.25) is 0 Å². The van der Waals surface area contributed by atoms with Gasteiger partial charge < -0.3 is 9.64 Å². The molecule has 0 radical (unpaired) electrons. The second-order valence-corrected chi connectivity index (χ2v) is 3.94. The van der Waals surface area contributed by atoms with Crippen LogP contribution in [0.2, 0.25) is 0 Å². The number of piperidine rings is 1. The van der Waals surface area contributed by atoms with E-state index in [-0.39, 0.29) is 0 Å². The van der Waals surface area contributed by atoms with Gasteiger partial charge in [-0.25, -0.2) is 0 Å². The fourth-order valence-corrected chi connectivity index (χ4v) is 2.31. The molecule has 0 aromatic heterocycles. The van der Waals surface area contributed by atoms with Crippen LogP contribution in [0.5, 0.6) is 0 Å². The number of nitrogens with zero attached hydrogens (tertiary/aromatic N) is 1. The van der Waals surface area contributed by atoms with E-state index in [0.717, 1.165) is 30.9 Å². The maximum atomic E-state index is 5.04. The third-order valence-corrected chi connectivity index (χ3v) is 3.31. The van der Waals surface area contributed by atoms with Crippen molar-refractivity contribution in [2.45, 2.75) is 6.92 Å². The van der Waals surface area contributed by atoms with E-state index < -0.39 is 0 Å². The molecule has 0 bridgehead atoms. The summed E-state index contributed by atoms with van der Waals surface area (Å²) < 4.78 is 5.04. The van der Waals surface area contributed by atoms with E-state index in [1.54, 1.807) is 7.11 Å². The normalized spacial score (nSPS) is 42.5. The highest BCUT2D eigenvalue weighted by Gasteiger charge is 2.52. The predicted molar refractivity (Wildman–Crippen MR) is 44.5 cm³/mol. The van der Waals surface area contributed by atoms with Crippen molar-refractivity contribution in [1.82, 2.24) is 4.90 Å². The Morgan fingerprint density at radius 2 is 2.00 bits per heavy atom. The average molecular weight is 155 g/mol. The highest BCUT2D eigenvalue weighted by molar-refractivity contribution is 5.02. The molecule has 1 saturated carbocycles. The molecule has 0 spiro atoms. The summed E-state index contributed by atoms with van der Waals surface area (Å²) in [5, 5.41) is 0. The Balaban J connectivity index is 1.69. The fourth-order valence-electron chi connectivity index (χ4n) is 2.31. The van der Waals surface area contributed by atoms with Gasteiger partial charge in [0.15, 0.2) is 0 Å². The molecule has 0 aromatic rings. The van der Waals surface area contributed by atoms with Gasteiger partial charge in [-0.05, 0) is 17.8 Å². The molecule has 2 aliphatic rings. The maximum Gasteiger partial charge on any atom is 0.0589 e. The summed E-state index contributed by atoms with van der Waals surface area (Å²) in [5.74, 6) is 3.09. The van der Waals surface area contributed by atoms with E-state index in [1.165, 1.54) is 13.1 Å². The summed E-state index contributed by atoms with van der Waals surface area (Å²) in [6.07, 6.45) is 0. The zero-order valence-corrected chi connectivity index (χ0v) is 7.42. The van der Waals surface area contributed by atoms with Crippen molar-refractivity contribution in [3.05, 3.63) is 0 Å². The molecule has 2 nitrogen and oxygen atoms in total. The quantitative estimate of drug-likeness (QED) is 0.598. The van der Waals surface area contributed by atoms with Crippen molar-refractivity contribution < 1.29 is 4.74 Å². The van der Waals surface area contributed by atoms with Crippen LogP contribution in [0, 0.1) is 17.8 Å². The monoisotopic (exact) mass is 155 g/mol. The molecule has 2 rings (SSSR count). The van der Waals surface area contributed by atoms with Crippen LogP contribution in [-0.4, -0.2) is 38.3 Å². The Hall–Kier alpha value is -0.0800. The lowest BCUT2D eigenvalue weighted by Gasteiger charge is -2.17. The van der Waals surface area contributed by atoms with Gasteiger partial charge >= 0.3 is 0 Å². The van der Waals surface area contributed by atoms with Crippen molar-refractivity contribution in [2.24, 2.45) is 17.8 Å². The molecule has 64 valence electrons. The SMILES string of the molecule is COCCN1CC2C(C)[C@H]2C1. The van der Waals surface area contributed by atoms with E-state index in [1.807, 2.05) is 0 Å². The molecule has 1 heterocycles. The van der Waals surface area contributed by atoms with Crippen LogP contribution in [0.1, 0.15) is 6.92 Å². The zero-order valence-electron chi connectivity index (χ0n) is 7.42. The number of hydrogen-bond donors (Lipinski definition) is 0. The third kappa shape index (κ3) is 1.30. The summed E-state index contributed by atoms with van der Waals surface area (Å²) in [5.41, 5.74) is 0. The number of ether oxygens (including phenoxy) is 1. The van der Waals surface area contributed by atoms with E-state index in [2.05, 4.69) is 11.8 Å². The first-order valence-electron chi connectivity index (χ1n) is 4.54. The molecule has 1 aliphatic carbocycles. The van der Waals surface area contributed by atoms with Gasteiger partial charge in [-0.15, -0.1) is 0 Å². The Kier molecular flexibility index (Phi) is 1.90. The number of hydrogen-bond acceptors (Lipinski definition) is 2. The Morgan fingerprint density at radius 3 is 2.55 bits per heavy atom. The molecule has 11 heavy (non-hydrogen) atoms. The van der Waals surface area contributed by atoms with Crippen LogP contribution in [0.4, 0.5) is 0 Å². The Labute approximate surface area is 68.5 Å². The molecule has 2 heteroatoms. The molecule has 2 unspecified atom stereocenters. The van der Waals surface area contributed by atoms with Crippen molar-refractivity contribution >= 4 is 0 Å². The number of methoxy groups -OCH3 is 1. The van der Waals surface area contributed by atoms with Crippen LogP contribution in [0.25, 0.3) is 0 Å². The van der Waals surface area contributed by atoms with Crippen molar-refractivity contribution in [1.29, 1.82) is 0 Å². The van der Waals surface area contributed by atoms with Gasteiger partial charge in [0.1, 0.15) is 0 Å². The Bertz CT molecular complexity index is 136. The highest BCUT2D eigenvalue weighted by Crippen LogP contribution is 2.50. The van der Waals surface area contributed by atoms with E-state index in [4.69, 9.17) is 4.74 Å². The standard InChI is InChI=1S/C9H17NO/c1-7-8-5-10(3-4-11-2)6-9(7)8/h7-9H,3-6H2,1-2H3/t7?,8-,9?/m1/s1. The summed E-state index contributed by atoms with van der Waals surface area (Å²) in [6, 6.07) is 0. The summed E-state index contributed by atoms with van der Waals surface area (Å²) >= 11 is 0. The van der Waals surface area contributed by atoms with Crippen LogP contribution in [0.3, 0.4) is 0 Å². The molecule has 3 atom stereocenters. The van der Waals surface area contributed by atoms with Crippen LogP contribution in [-0.2, 0) is 4.74 Å². The minimum absolute atomic E-state index is 0.897. The lowest BCUT2D eigenvalue weighted by atomic mass is 10.3. The first-order valence-corrected chi connectivity index (χ1v) is 4.54. The van der Waals surface area contributed by atoms with E-state index in [0.29, 0.717) is 0 Å². The molecule has 1 saturated heterocycles. The summed E-state index contributed by atoms with van der Waals surface area (Å²) in [7, 11) is 1.78. The molecule has 0 N–H and O–H groups in total. The molecule has 0 aromatic carbocycles. The molecular formula is C9H17NO. The predicted octanol–water partition coefficient (Wildman–Crippen LogP) is 0.831. The smallest absolute Gasteiger partial charge is 0.0589 e. The third-order valence-electron chi connectivity index (χ3n) is 3.31. The van der Waals surface area contributed by atoms with Gasteiger partial charge in [0, 0.05) is 26.7 Å². The summed E-state index contributed by atoms with van der Waals surface area (Å²) in [4.78, 5) is 2.53. The number of fused-ring (bicyclic) bond motifs is 1. The van der Waals surface area contributed by atoms with E-state index >= 15 is 0 Å². The molecule has 0 amide bonds. The minimum atomic E-state index is 0.897. The second-order valence-electron chi connectivity index (χ2n) is 3.94. The fraction of sp³-hybridized carbons (Fsp3) is 1.00. The topological polar surface area (TPSA) is 12.5 Å². The second kappa shape index (κ2) is 2.76. The largest absolute Gasteiger partial charge is 0.383 e. The number of rotatable bonds is 3. The Morgan fingerprint density at radius 1 is 1.36 bits per heavy atom. The lowest BCUT2D eigenvalue weighted by molar-refractivity contribution is 0.152. The van der Waals surface area contributed by atoms with Crippen molar-refractivity contribution in [3.63, 3.8) is 0 Å². The van der Waals surface area contributed by atoms with Crippen molar-refractivity contribution in [2.75, 3.05) is 33.4 Å². The van der Waals surface area contributed by atoms with Gasteiger partial charge in [0.25, 0.3) is 0 Å².